The molecule has 0 bridgehead atoms. The summed E-state index contributed by atoms with van der Waals surface area (Å²) in [6.45, 7) is 9.33. The fourth-order valence-corrected chi connectivity index (χ4v) is 4.33. The van der Waals surface area contributed by atoms with Gasteiger partial charge in [0.2, 0.25) is 5.79 Å². The van der Waals surface area contributed by atoms with Crippen LogP contribution >= 0.6 is 0 Å². The summed E-state index contributed by atoms with van der Waals surface area (Å²) < 4.78 is 10.6. The van der Waals surface area contributed by atoms with E-state index in [1.54, 1.807) is 6.92 Å². The first kappa shape index (κ1) is 15.3. The number of hydrogen-bond acceptors (Lipinski definition) is 5. The zero-order valence-corrected chi connectivity index (χ0v) is 13.3. The van der Waals surface area contributed by atoms with E-state index >= 15 is 0 Å². The van der Waals surface area contributed by atoms with Gasteiger partial charge in [0.25, 0.3) is 0 Å². The molecule has 22 heavy (non-hydrogen) atoms. The zero-order valence-electron chi connectivity index (χ0n) is 13.3. The number of fused-ring (bicyclic) bond motifs is 2. The molecule has 120 valence electrons. The number of ether oxygens (including phenoxy) is 2. The van der Waals surface area contributed by atoms with Crippen LogP contribution in [0.3, 0.4) is 0 Å². The Morgan fingerprint density at radius 1 is 1.50 bits per heavy atom. The van der Waals surface area contributed by atoms with Crippen molar-refractivity contribution in [2.45, 2.75) is 58.3 Å². The summed E-state index contributed by atoms with van der Waals surface area (Å²) in [5.74, 6) is -2.15. The van der Waals surface area contributed by atoms with Crippen molar-refractivity contribution in [1.82, 2.24) is 0 Å². The van der Waals surface area contributed by atoms with Crippen molar-refractivity contribution >= 4 is 11.9 Å². The highest BCUT2D eigenvalue weighted by Gasteiger charge is 2.58. The van der Waals surface area contributed by atoms with Crippen LogP contribution in [-0.2, 0) is 19.1 Å². The van der Waals surface area contributed by atoms with E-state index in [-0.39, 0.29) is 23.4 Å². The highest BCUT2D eigenvalue weighted by atomic mass is 16.7. The molecular formula is C17H22O5. The first-order valence-corrected chi connectivity index (χ1v) is 7.68. The lowest BCUT2D eigenvalue weighted by Crippen LogP contribution is -2.51. The maximum atomic E-state index is 11.8. The Balaban J connectivity index is 1.93. The van der Waals surface area contributed by atoms with Crippen LogP contribution in [0.5, 0.6) is 0 Å². The summed E-state index contributed by atoms with van der Waals surface area (Å²) in [4.78, 5) is 23.1. The van der Waals surface area contributed by atoms with E-state index in [1.807, 2.05) is 0 Å². The van der Waals surface area contributed by atoms with Crippen molar-refractivity contribution in [2.24, 2.45) is 11.3 Å². The molecule has 0 aromatic carbocycles. The standard InChI is InChI=1S/C17H22O5/c1-9-12-7-13-10(2)15(19)22-17(13,20)8-16(12,4)6-5-14(9)21-11(3)18/h12,14,20H,1,5-8H2,2-4H3/t12-,14-,16+,17-/m0/s1. The predicted octanol–water partition coefficient (Wildman–Crippen LogP) is 2.25. The van der Waals surface area contributed by atoms with Crippen LogP contribution in [-0.4, -0.2) is 28.9 Å². The molecule has 3 aliphatic rings. The van der Waals surface area contributed by atoms with Crippen LogP contribution in [0, 0.1) is 11.3 Å². The molecule has 1 N–H and O–H groups in total. The Labute approximate surface area is 130 Å². The average molecular weight is 306 g/mol. The second-order valence-corrected chi connectivity index (χ2v) is 7.08. The monoisotopic (exact) mass is 306 g/mol. The van der Waals surface area contributed by atoms with Crippen molar-refractivity contribution in [2.75, 3.05) is 0 Å². The van der Waals surface area contributed by atoms with Crippen LogP contribution < -0.4 is 0 Å². The molecule has 0 amide bonds. The van der Waals surface area contributed by atoms with Gasteiger partial charge in [0.1, 0.15) is 6.10 Å². The highest BCUT2D eigenvalue weighted by molar-refractivity contribution is 5.92. The molecule has 2 aliphatic carbocycles. The van der Waals surface area contributed by atoms with Crippen molar-refractivity contribution in [3.8, 4) is 0 Å². The van der Waals surface area contributed by atoms with Gasteiger partial charge in [0.15, 0.2) is 0 Å². The molecule has 4 atom stereocenters. The minimum absolute atomic E-state index is 0.0744. The molecule has 5 heteroatoms. The minimum Gasteiger partial charge on any atom is -0.458 e. The summed E-state index contributed by atoms with van der Waals surface area (Å²) in [7, 11) is 0. The molecular weight excluding hydrogens is 284 g/mol. The smallest absolute Gasteiger partial charge is 0.336 e. The second-order valence-electron chi connectivity index (χ2n) is 7.08. The molecule has 3 rings (SSSR count). The number of esters is 2. The topological polar surface area (TPSA) is 72.8 Å². The first-order valence-electron chi connectivity index (χ1n) is 7.68. The SMILES string of the molecule is C=C1[C@@H](OC(C)=O)CC[C@]2(C)C[C@]3(O)OC(=O)C(C)=C3C[C@@H]12. The molecule has 0 unspecified atom stereocenters. The van der Waals surface area contributed by atoms with Gasteiger partial charge in [0, 0.05) is 24.5 Å². The fraction of sp³-hybridized carbons (Fsp3) is 0.647. The third kappa shape index (κ3) is 2.10. The molecule has 5 nitrogen and oxygen atoms in total. The van der Waals surface area contributed by atoms with E-state index in [2.05, 4.69) is 13.5 Å². The van der Waals surface area contributed by atoms with Gasteiger partial charge in [-0.3, -0.25) is 4.79 Å². The Hall–Kier alpha value is -1.62. The quantitative estimate of drug-likeness (QED) is 0.594. The summed E-state index contributed by atoms with van der Waals surface area (Å²) in [5.41, 5.74) is 1.82. The lowest BCUT2D eigenvalue weighted by atomic mass is 9.56. The average Bonchev–Trinajstić information content (AvgIpc) is 2.61. The van der Waals surface area contributed by atoms with Gasteiger partial charge < -0.3 is 14.6 Å². The van der Waals surface area contributed by atoms with Gasteiger partial charge >= 0.3 is 11.9 Å². The molecule has 0 aromatic rings. The van der Waals surface area contributed by atoms with Gasteiger partial charge in [-0.1, -0.05) is 13.5 Å². The molecule has 1 heterocycles. The normalized spacial score (nSPS) is 40.9. The highest BCUT2D eigenvalue weighted by Crippen LogP contribution is 2.58. The molecule has 0 aromatic heterocycles. The van der Waals surface area contributed by atoms with Crippen molar-refractivity contribution in [3.63, 3.8) is 0 Å². The van der Waals surface area contributed by atoms with E-state index in [0.717, 1.165) is 12.0 Å². The summed E-state index contributed by atoms with van der Waals surface area (Å²) in [5, 5.41) is 10.7. The Kier molecular flexibility index (Phi) is 3.25. The summed E-state index contributed by atoms with van der Waals surface area (Å²) in [6.07, 6.45) is 2.10. The third-order valence-corrected chi connectivity index (χ3v) is 5.53. The minimum atomic E-state index is -1.47. The van der Waals surface area contributed by atoms with Gasteiger partial charge in [-0.2, -0.15) is 0 Å². The first-order chi connectivity index (χ1) is 10.2. The maximum absolute atomic E-state index is 11.8. The number of hydrogen-bond donors (Lipinski definition) is 1. The van der Waals surface area contributed by atoms with E-state index in [9.17, 15) is 14.7 Å². The molecule has 2 saturated carbocycles. The van der Waals surface area contributed by atoms with Crippen molar-refractivity contribution < 1.29 is 24.2 Å². The Morgan fingerprint density at radius 3 is 2.82 bits per heavy atom. The van der Waals surface area contributed by atoms with Crippen LogP contribution in [0.4, 0.5) is 0 Å². The van der Waals surface area contributed by atoms with Crippen molar-refractivity contribution in [1.29, 1.82) is 0 Å². The fourth-order valence-electron chi connectivity index (χ4n) is 4.33. The van der Waals surface area contributed by atoms with E-state index < -0.39 is 11.8 Å². The van der Waals surface area contributed by atoms with Gasteiger partial charge in [-0.25, -0.2) is 4.79 Å². The van der Waals surface area contributed by atoms with E-state index in [4.69, 9.17) is 9.47 Å². The molecule has 0 radical (unpaired) electrons. The number of carbonyl (C=O) groups excluding carboxylic acids is 2. The largest absolute Gasteiger partial charge is 0.458 e. The van der Waals surface area contributed by atoms with Crippen molar-refractivity contribution in [3.05, 3.63) is 23.3 Å². The van der Waals surface area contributed by atoms with Crippen LogP contribution in [0.15, 0.2) is 23.3 Å². The predicted molar refractivity (Wildman–Crippen MR) is 78.5 cm³/mol. The maximum Gasteiger partial charge on any atom is 0.336 e. The van der Waals surface area contributed by atoms with Crippen LogP contribution in [0.25, 0.3) is 0 Å². The second kappa shape index (κ2) is 4.69. The summed E-state index contributed by atoms with van der Waals surface area (Å²) >= 11 is 0. The molecule has 0 saturated heterocycles. The zero-order chi connectivity index (χ0) is 16.3. The number of aliphatic hydroxyl groups is 1. The third-order valence-electron chi connectivity index (χ3n) is 5.53. The molecule has 0 spiro atoms. The lowest BCUT2D eigenvalue weighted by molar-refractivity contribution is -0.205. The Bertz CT molecular complexity index is 604. The van der Waals surface area contributed by atoms with Crippen LogP contribution in [0.2, 0.25) is 0 Å². The van der Waals surface area contributed by atoms with Gasteiger partial charge in [-0.05, 0) is 43.1 Å². The van der Waals surface area contributed by atoms with E-state index in [0.29, 0.717) is 30.4 Å². The molecule has 1 aliphatic heterocycles. The van der Waals surface area contributed by atoms with Gasteiger partial charge in [-0.15, -0.1) is 0 Å². The molecule has 2 fully saturated rings. The lowest BCUT2D eigenvalue weighted by Gasteiger charge is -2.52. The summed E-state index contributed by atoms with van der Waals surface area (Å²) in [6, 6.07) is 0. The number of carbonyl (C=O) groups is 2. The van der Waals surface area contributed by atoms with E-state index in [1.165, 1.54) is 6.92 Å². The van der Waals surface area contributed by atoms with Crippen LogP contribution in [0.1, 0.15) is 46.5 Å². The van der Waals surface area contributed by atoms with Gasteiger partial charge in [0.05, 0.1) is 0 Å². The Morgan fingerprint density at radius 2 is 2.18 bits per heavy atom. The number of rotatable bonds is 1.